The van der Waals surface area contributed by atoms with Crippen molar-refractivity contribution in [1.29, 1.82) is 0 Å². The van der Waals surface area contributed by atoms with Crippen molar-refractivity contribution < 1.29 is 9.90 Å². The number of aromatic hydroxyl groups is 1. The van der Waals surface area contributed by atoms with E-state index in [1.807, 2.05) is 0 Å². The zero-order valence-electron chi connectivity index (χ0n) is 9.07. The van der Waals surface area contributed by atoms with Gasteiger partial charge in [-0.1, -0.05) is 18.2 Å². The molecule has 0 fully saturated rings. The Hall–Kier alpha value is -1.95. The van der Waals surface area contributed by atoms with Crippen LogP contribution in [0.4, 0.5) is 0 Å². The summed E-state index contributed by atoms with van der Waals surface area (Å²) in [6.07, 6.45) is 6.73. The molecule has 16 heavy (non-hydrogen) atoms. The molecule has 0 radical (unpaired) electrons. The fourth-order valence-electron chi connectivity index (χ4n) is 1.31. The van der Waals surface area contributed by atoms with Crippen LogP contribution in [0.25, 0.3) is 0 Å². The summed E-state index contributed by atoms with van der Waals surface area (Å²) in [5.74, 6) is 2.56. The fraction of sp³-hybridized carbons (Fsp3) is 0.308. The monoisotopic (exact) mass is 217 g/mol. The number of para-hydroxylation sites is 1. The number of unbranched alkanes of at least 4 members (excludes halogenated alkanes) is 1. The molecule has 0 bridgehead atoms. The van der Waals surface area contributed by atoms with E-state index in [-0.39, 0.29) is 18.1 Å². The van der Waals surface area contributed by atoms with Crippen LogP contribution in [-0.4, -0.2) is 17.6 Å². The highest BCUT2D eigenvalue weighted by Crippen LogP contribution is 2.15. The molecule has 0 saturated carbocycles. The summed E-state index contributed by atoms with van der Waals surface area (Å²) < 4.78 is 0. The molecule has 1 rings (SSSR count). The number of phenolic OH excluding ortho intramolecular Hbond substituents is 1. The maximum absolute atomic E-state index is 11.5. The first-order chi connectivity index (χ1) is 7.74. The highest BCUT2D eigenvalue weighted by atomic mass is 16.3. The summed E-state index contributed by atoms with van der Waals surface area (Å²) in [4.78, 5) is 11.5. The molecule has 2 N–H and O–H groups in total. The van der Waals surface area contributed by atoms with Gasteiger partial charge in [0.1, 0.15) is 5.75 Å². The topological polar surface area (TPSA) is 49.3 Å². The molecule has 0 aromatic heterocycles. The number of carbonyl (C=O) groups is 1. The number of nitrogens with one attached hydrogen (secondary N) is 1. The Bertz CT molecular complexity index is 393. The predicted molar refractivity (Wildman–Crippen MR) is 62.9 cm³/mol. The van der Waals surface area contributed by atoms with Crippen LogP contribution in [0.2, 0.25) is 0 Å². The van der Waals surface area contributed by atoms with Crippen LogP contribution in [0.3, 0.4) is 0 Å². The molecule has 1 aromatic rings. The number of amides is 1. The molecule has 0 aliphatic carbocycles. The average molecular weight is 217 g/mol. The van der Waals surface area contributed by atoms with E-state index in [2.05, 4.69) is 11.2 Å². The molecule has 84 valence electrons. The van der Waals surface area contributed by atoms with Crippen LogP contribution < -0.4 is 5.32 Å². The number of carbonyl (C=O) groups excluding carboxylic acids is 1. The van der Waals surface area contributed by atoms with Crippen molar-refractivity contribution in [2.45, 2.75) is 19.3 Å². The molecule has 0 saturated heterocycles. The third-order valence-electron chi connectivity index (χ3n) is 2.16. The van der Waals surface area contributed by atoms with E-state index in [0.717, 1.165) is 6.42 Å². The van der Waals surface area contributed by atoms with E-state index >= 15 is 0 Å². The van der Waals surface area contributed by atoms with Gasteiger partial charge in [0.05, 0.1) is 6.42 Å². The molecule has 1 aromatic carbocycles. The third-order valence-corrected chi connectivity index (χ3v) is 2.16. The predicted octanol–water partition coefficient (Wildman–Crippen LogP) is 1.46. The van der Waals surface area contributed by atoms with E-state index in [9.17, 15) is 9.90 Å². The van der Waals surface area contributed by atoms with Gasteiger partial charge in [0, 0.05) is 18.5 Å². The van der Waals surface area contributed by atoms with Gasteiger partial charge in [-0.15, -0.1) is 12.3 Å². The minimum atomic E-state index is -0.0986. The summed E-state index contributed by atoms with van der Waals surface area (Å²) in [6, 6.07) is 6.82. The van der Waals surface area contributed by atoms with Gasteiger partial charge in [-0.05, 0) is 12.5 Å². The Morgan fingerprint density at radius 1 is 1.44 bits per heavy atom. The number of hydrogen-bond donors (Lipinski definition) is 2. The van der Waals surface area contributed by atoms with Gasteiger partial charge in [0.25, 0.3) is 0 Å². The number of benzene rings is 1. The second-order valence-electron chi connectivity index (χ2n) is 3.46. The van der Waals surface area contributed by atoms with Gasteiger partial charge >= 0.3 is 0 Å². The van der Waals surface area contributed by atoms with Crippen LogP contribution in [0.5, 0.6) is 5.75 Å². The molecule has 1 amide bonds. The first kappa shape index (κ1) is 12.1. The normalized spacial score (nSPS) is 9.44. The lowest BCUT2D eigenvalue weighted by Gasteiger charge is -2.05. The molecular weight excluding hydrogens is 202 g/mol. The van der Waals surface area contributed by atoms with Gasteiger partial charge in [-0.2, -0.15) is 0 Å². The van der Waals surface area contributed by atoms with E-state index in [0.29, 0.717) is 18.5 Å². The van der Waals surface area contributed by atoms with E-state index in [1.54, 1.807) is 24.3 Å². The van der Waals surface area contributed by atoms with Gasteiger partial charge in [0.2, 0.25) is 5.91 Å². The van der Waals surface area contributed by atoms with Crippen molar-refractivity contribution in [2.75, 3.05) is 6.54 Å². The quantitative estimate of drug-likeness (QED) is 0.579. The van der Waals surface area contributed by atoms with Gasteiger partial charge in [-0.25, -0.2) is 0 Å². The van der Waals surface area contributed by atoms with Crippen LogP contribution in [-0.2, 0) is 11.2 Å². The molecule has 3 nitrogen and oxygen atoms in total. The molecule has 0 atom stereocenters. The fourth-order valence-corrected chi connectivity index (χ4v) is 1.31. The van der Waals surface area contributed by atoms with Crippen molar-refractivity contribution >= 4 is 5.91 Å². The smallest absolute Gasteiger partial charge is 0.224 e. The summed E-state index contributed by atoms with van der Waals surface area (Å²) in [5.41, 5.74) is 0.636. The Balaban J connectivity index is 2.35. The van der Waals surface area contributed by atoms with E-state index in [1.165, 1.54) is 0 Å². The summed E-state index contributed by atoms with van der Waals surface area (Å²) in [5, 5.41) is 12.2. The number of terminal acetylenes is 1. The summed E-state index contributed by atoms with van der Waals surface area (Å²) in [6.45, 7) is 0.580. The molecule has 0 aliphatic rings. The first-order valence-corrected chi connectivity index (χ1v) is 5.21. The second kappa shape index (κ2) is 6.52. The molecule has 0 heterocycles. The Morgan fingerprint density at radius 3 is 2.88 bits per heavy atom. The number of hydrogen-bond acceptors (Lipinski definition) is 2. The second-order valence-corrected chi connectivity index (χ2v) is 3.46. The van der Waals surface area contributed by atoms with Gasteiger partial charge in [-0.3, -0.25) is 4.79 Å². The lowest BCUT2D eigenvalue weighted by Crippen LogP contribution is -2.26. The van der Waals surface area contributed by atoms with E-state index < -0.39 is 0 Å². The van der Waals surface area contributed by atoms with Crippen LogP contribution in [0.1, 0.15) is 18.4 Å². The Kier molecular flexibility index (Phi) is 4.94. The molecule has 0 aliphatic heterocycles. The zero-order valence-corrected chi connectivity index (χ0v) is 9.07. The molecule has 3 heteroatoms. The minimum absolute atomic E-state index is 0.0986. The molecule has 0 unspecified atom stereocenters. The van der Waals surface area contributed by atoms with Crippen molar-refractivity contribution in [3.8, 4) is 18.1 Å². The maximum Gasteiger partial charge on any atom is 0.224 e. The van der Waals surface area contributed by atoms with Crippen molar-refractivity contribution in [2.24, 2.45) is 0 Å². The summed E-state index contributed by atoms with van der Waals surface area (Å²) >= 11 is 0. The number of rotatable bonds is 5. The largest absolute Gasteiger partial charge is 0.508 e. The maximum atomic E-state index is 11.5. The van der Waals surface area contributed by atoms with Gasteiger partial charge in [0.15, 0.2) is 0 Å². The number of phenols is 1. The zero-order chi connectivity index (χ0) is 11.8. The first-order valence-electron chi connectivity index (χ1n) is 5.21. The standard InChI is InChI=1S/C13H15NO2/c1-2-3-6-9-14-13(16)10-11-7-4-5-8-12(11)15/h1,4-5,7-8,15H,3,6,9-10H2,(H,14,16). The lowest BCUT2D eigenvalue weighted by atomic mass is 10.1. The Morgan fingerprint density at radius 2 is 2.19 bits per heavy atom. The van der Waals surface area contributed by atoms with Crippen LogP contribution in [0, 0.1) is 12.3 Å². The summed E-state index contributed by atoms with van der Waals surface area (Å²) in [7, 11) is 0. The van der Waals surface area contributed by atoms with E-state index in [4.69, 9.17) is 6.42 Å². The van der Waals surface area contributed by atoms with Crippen LogP contribution >= 0.6 is 0 Å². The van der Waals surface area contributed by atoms with Gasteiger partial charge < -0.3 is 10.4 Å². The average Bonchev–Trinajstić information content (AvgIpc) is 2.28. The lowest BCUT2D eigenvalue weighted by molar-refractivity contribution is -0.120. The SMILES string of the molecule is C#CCCCNC(=O)Cc1ccccc1O. The van der Waals surface area contributed by atoms with Crippen molar-refractivity contribution in [1.82, 2.24) is 5.32 Å². The highest BCUT2D eigenvalue weighted by Gasteiger charge is 2.05. The van der Waals surface area contributed by atoms with Crippen molar-refractivity contribution in [3.63, 3.8) is 0 Å². The van der Waals surface area contributed by atoms with Crippen LogP contribution in [0.15, 0.2) is 24.3 Å². The Labute approximate surface area is 95.5 Å². The minimum Gasteiger partial charge on any atom is -0.508 e. The molecule has 0 spiro atoms. The third kappa shape index (κ3) is 4.05. The highest BCUT2D eigenvalue weighted by molar-refractivity contribution is 5.79. The molecular formula is C13H15NO2. The van der Waals surface area contributed by atoms with Crippen molar-refractivity contribution in [3.05, 3.63) is 29.8 Å².